The molecule has 1 saturated heterocycles. The van der Waals surface area contributed by atoms with E-state index in [0.717, 1.165) is 37.8 Å². The van der Waals surface area contributed by atoms with Gasteiger partial charge >= 0.3 is 6.18 Å². The first kappa shape index (κ1) is 23.7. The molecule has 1 aliphatic heterocycles. The van der Waals surface area contributed by atoms with Gasteiger partial charge in [0.15, 0.2) is 0 Å². The molecule has 0 unspecified atom stereocenters. The molecule has 0 aliphatic carbocycles. The lowest BCUT2D eigenvalue weighted by Gasteiger charge is -2.35. The summed E-state index contributed by atoms with van der Waals surface area (Å²) in [5.74, 6) is 0. The minimum atomic E-state index is -4.34. The summed E-state index contributed by atoms with van der Waals surface area (Å²) >= 11 is 3.21. The summed E-state index contributed by atoms with van der Waals surface area (Å²) in [7, 11) is 0. The first-order valence-electron chi connectivity index (χ1n) is 7.24. The third-order valence-electron chi connectivity index (χ3n) is 3.77. The fraction of sp³-hybridized carbons (Fsp3) is 0.500. The molecule has 24 heavy (non-hydrogen) atoms. The fourth-order valence-electron chi connectivity index (χ4n) is 2.75. The molecule has 0 amide bonds. The van der Waals surface area contributed by atoms with Gasteiger partial charge in [-0.15, -0.1) is 31.4 Å². The molecule has 0 bridgehead atoms. The van der Waals surface area contributed by atoms with Crippen LogP contribution in [0.2, 0.25) is 0 Å². The Hall–Kier alpha value is -0.270. The SMILES string of the molecule is C=C(C)C[C@@H](c1cc(Br)cc(C(F)(F)F)c1)N1CCNCC1.Cl.Cl. The molecule has 138 valence electrons. The molecule has 2 rings (SSSR count). The topological polar surface area (TPSA) is 15.3 Å². The number of nitrogens with one attached hydrogen (secondary N) is 1. The summed E-state index contributed by atoms with van der Waals surface area (Å²) in [6.45, 7) is 9.21. The normalized spacial score (nSPS) is 16.7. The Labute approximate surface area is 161 Å². The molecule has 0 aromatic heterocycles. The van der Waals surface area contributed by atoms with Crippen molar-refractivity contribution < 1.29 is 13.2 Å². The van der Waals surface area contributed by atoms with Gasteiger partial charge < -0.3 is 5.32 Å². The van der Waals surface area contributed by atoms with Gasteiger partial charge in [-0.3, -0.25) is 4.90 Å². The summed E-state index contributed by atoms with van der Waals surface area (Å²) in [5.41, 5.74) is 1.04. The molecule has 0 saturated carbocycles. The molecule has 1 aliphatic rings. The number of benzene rings is 1. The Morgan fingerprint density at radius 2 is 1.83 bits per heavy atom. The summed E-state index contributed by atoms with van der Waals surface area (Å²) in [4.78, 5) is 2.23. The van der Waals surface area contributed by atoms with Crippen LogP contribution in [0.4, 0.5) is 13.2 Å². The second-order valence-electron chi connectivity index (χ2n) is 5.73. The highest BCUT2D eigenvalue weighted by Gasteiger charge is 2.32. The monoisotopic (exact) mass is 448 g/mol. The van der Waals surface area contributed by atoms with E-state index in [1.54, 1.807) is 6.07 Å². The molecule has 1 heterocycles. The Bertz CT molecular complexity index is 547. The molecular weight excluding hydrogens is 428 g/mol. The maximum absolute atomic E-state index is 13.1. The third-order valence-corrected chi connectivity index (χ3v) is 4.22. The number of hydrogen-bond donors (Lipinski definition) is 1. The zero-order valence-electron chi connectivity index (χ0n) is 13.3. The fourth-order valence-corrected chi connectivity index (χ4v) is 3.26. The van der Waals surface area contributed by atoms with Crippen LogP contribution in [0.15, 0.2) is 34.8 Å². The summed E-state index contributed by atoms with van der Waals surface area (Å²) < 4.78 is 39.6. The predicted octanol–water partition coefficient (Wildman–Crippen LogP) is 5.22. The van der Waals surface area contributed by atoms with Gasteiger partial charge in [0.25, 0.3) is 0 Å². The highest BCUT2D eigenvalue weighted by Crippen LogP contribution is 2.36. The van der Waals surface area contributed by atoms with E-state index >= 15 is 0 Å². The van der Waals surface area contributed by atoms with Crippen molar-refractivity contribution >= 4 is 40.7 Å². The lowest BCUT2D eigenvalue weighted by atomic mass is 9.96. The largest absolute Gasteiger partial charge is 0.416 e. The highest BCUT2D eigenvalue weighted by atomic mass is 79.9. The van der Waals surface area contributed by atoms with Crippen molar-refractivity contribution in [1.29, 1.82) is 0 Å². The molecule has 1 fully saturated rings. The van der Waals surface area contributed by atoms with Crippen LogP contribution in [0.3, 0.4) is 0 Å². The van der Waals surface area contributed by atoms with Gasteiger partial charge in [0.05, 0.1) is 5.56 Å². The van der Waals surface area contributed by atoms with Gasteiger partial charge in [0.2, 0.25) is 0 Å². The maximum Gasteiger partial charge on any atom is 0.416 e. The third kappa shape index (κ3) is 6.56. The molecule has 0 spiro atoms. The van der Waals surface area contributed by atoms with Crippen molar-refractivity contribution in [3.63, 3.8) is 0 Å². The van der Waals surface area contributed by atoms with E-state index in [4.69, 9.17) is 0 Å². The van der Waals surface area contributed by atoms with Crippen molar-refractivity contribution in [2.45, 2.75) is 25.6 Å². The Morgan fingerprint density at radius 1 is 1.25 bits per heavy atom. The second kappa shape index (κ2) is 10.0. The Balaban J connectivity index is 0.00000264. The number of piperazine rings is 1. The Morgan fingerprint density at radius 3 is 2.33 bits per heavy atom. The van der Waals surface area contributed by atoms with E-state index < -0.39 is 11.7 Å². The molecule has 1 aromatic rings. The molecule has 2 nitrogen and oxygen atoms in total. The minimum Gasteiger partial charge on any atom is -0.314 e. The van der Waals surface area contributed by atoms with Gasteiger partial charge in [0, 0.05) is 36.7 Å². The van der Waals surface area contributed by atoms with Crippen molar-refractivity contribution in [2.75, 3.05) is 26.2 Å². The number of nitrogens with zero attached hydrogens (tertiary/aromatic N) is 1. The number of rotatable bonds is 4. The minimum absolute atomic E-state index is 0. The second-order valence-corrected chi connectivity index (χ2v) is 6.65. The highest BCUT2D eigenvalue weighted by molar-refractivity contribution is 9.10. The Kier molecular flexibility index (Phi) is 9.91. The van der Waals surface area contributed by atoms with E-state index in [-0.39, 0.29) is 30.9 Å². The van der Waals surface area contributed by atoms with Gasteiger partial charge in [-0.2, -0.15) is 13.2 Å². The molecule has 8 heteroatoms. The van der Waals surface area contributed by atoms with Crippen LogP contribution < -0.4 is 5.32 Å². The zero-order valence-corrected chi connectivity index (χ0v) is 16.5. The standard InChI is InChI=1S/C16H20BrF3N2.2ClH/c1-11(2)7-15(22-5-3-21-4-6-22)12-8-13(16(18,19)20)10-14(17)9-12;;/h8-10,15,21H,1,3-7H2,2H3;2*1H/t15-;;/m0../s1. The van der Waals surface area contributed by atoms with E-state index in [9.17, 15) is 13.2 Å². The summed E-state index contributed by atoms with van der Waals surface area (Å²) in [5, 5.41) is 3.27. The van der Waals surface area contributed by atoms with Crippen molar-refractivity contribution in [3.8, 4) is 0 Å². The van der Waals surface area contributed by atoms with Crippen LogP contribution in [-0.2, 0) is 6.18 Å². The van der Waals surface area contributed by atoms with E-state index in [0.29, 0.717) is 16.5 Å². The lowest BCUT2D eigenvalue weighted by Crippen LogP contribution is -2.45. The van der Waals surface area contributed by atoms with Gasteiger partial charge in [-0.1, -0.05) is 21.5 Å². The van der Waals surface area contributed by atoms with Crippen LogP contribution in [0, 0.1) is 0 Å². The van der Waals surface area contributed by atoms with Crippen molar-refractivity contribution in [3.05, 3.63) is 46.0 Å². The first-order valence-corrected chi connectivity index (χ1v) is 8.03. The predicted molar refractivity (Wildman–Crippen MR) is 100 cm³/mol. The van der Waals surface area contributed by atoms with Crippen molar-refractivity contribution in [1.82, 2.24) is 10.2 Å². The number of alkyl halides is 3. The molecular formula is C16H22BrCl2F3N2. The maximum atomic E-state index is 13.1. The van der Waals surface area contributed by atoms with Crippen molar-refractivity contribution in [2.24, 2.45) is 0 Å². The number of hydrogen-bond acceptors (Lipinski definition) is 2. The lowest BCUT2D eigenvalue weighted by molar-refractivity contribution is -0.137. The summed E-state index contributed by atoms with van der Waals surface area (Å²) in [6, 6.07) is 4.10. The quantitative estimate of drug-likeness (QED) is 0.633. The van der Waals surface area contributed by atoms with Crippen LogP contribution in [0.5, 0.6) is 0 Å². The average Bonchev–Trinajstić information content (AvgIpc) is 2.44. The summed E-state index contributed by atoms with van der Waals surface area (Å²) in [6.07, 6.45) is -3.68. The van der Waals surface area contributed by atoms with Crippen LogP contribution in [0.1, 0.15) is 30.5 Å². The van der Waals surface area contributed by atoms with Crippen LogP contribution in [0.25, 0.3) is 0 Å². The smallest absolute Gasteiger partial charge is 0.314 e. The first-order chi connectivity index (χ1) is 10.3. The van der Waals surface area contributed by atoms with E-state index in [1.165, 1.54) is 6.07 Å². The molecule has 1 aromatic carbocycles. The van der Waals surface area contributed by atoms with E-state index in [2.05, 4.69) is 32.7 Å². The average molecular weight is 450 g/mol. The van der Waals surface area contributed by atoms with Gasteiger partial charge in [-0.05, 0) is 37.1 Å². The van der Waals surface area contributed by atoms with Gasteiger partial charge in [0.1, 0.15) is 0 Å². The van der Waals surface area contributed by atoms with Gasteiger partial charge in [-0.25, -0.2) is 0 Å². The number of halogens is 6. The molecule has 1 N–H and O–H groups in total. The molecule has 0 radical (unpaired) electrons. The van der Waals surface area contributed by atoms with Crippen LogP contribution >= 0.6 is 40.7 Å². The zero-order chi connectivity index (χ0) is 16.3. The molecule has 1 atom stereocenters. The van der Waals surface area contributed by atoms with Crippen LogP contribution in [-0.4, -0.2) is 31.1 Å². The van der Waals surface area contributed by atoms with E-state index in [1.807, 2.05) is 6.92 Å².